The van der Waals surface area contributed by atoms with Crippen molar-refractivity contribution in [2.75, 3.05) is 25.2 Å². The van der Waals surface area contributed by atoms with Gasteiger partial charge in [0.2, 0.25) is 11.6 Å². The maximum absolute atomic E-state index is 12.7. The molecular formula is C67H67N5O10S3. The van der Waals surface area contributed by atoms with E-state index in [0.717, 1.165) is 43.8 Å². The minimum atomic E-state index is -1.93. The second-order valence-corrected chi connectivity index (χ2v) is 23.6. The molecule has 2 saturated heterocycles. The smallest absolute Gasteiger partial charge is 0.237 e. The number of fused-ring (bicyclic) bond motifs is 2. The van der Waals surface area contributed by atoms with Gasteiger partial charge >= 0.3 is 0 Å². The molecule has 438 valence electrons. The first-order valence-electron chi connectivity index (χ1n) is 27.9. The molecule has 0 amide bonds. The topological polar surface area (TPSA) is 192 Å². The standard InChI is InChI=1S/C34H34N2O5S2.C33H33N3O5S/c1-33(40-20-26-16-10-5-11-17-26)30(39-19-25-14-8-4-9-15-25)28(21-38-18-24-12-6-3-7-13-24)41-34(33,37)31-29-27(22-43-31)32(42-2)36-23-35-29;1-32(40-19-25-15-9-4-10-16-25)29(39-18-24-13-7-3-8-14-24)27(20-38-17-23-11-5-2-6-12-23)41-33(32,37)30-28-26(21-42-30)31(34)36-22-35-28/h3-17,22-23,28,30,37H,18-21H2,1-2H3;2-16,21-22,27,29,37H,17-20H2,1H3,(H2,34,35,36)/t28-,30-,33-,34?;27-,29-,32-,33?/m11/s1. The number of aliphatic hydroxyl groups is 2. The molecule has 2 unspecified atom stereocenters. The van der Waals surface area contributed by atoms with Crippen LogP contribution in [0.1, 0.15) is 57.0 Å². The van der Waals surface area contributed by atoms with Crippen LogP contribution in [0.15, 0.2) is 210 Å². The number of nitrogens with two attached hydrogens (primary N) is 1. The summed E-state index contributed by atoms with van der Waals surface area (Å²) in [5.41, 5.74) is 10.6. The maximum atomic E-state index is 12.7. The number of hydrogen-bond acceptors (Lipinski definition) is 18. The van der Waals surface area contributed by atoms with Crippen molar-refractivity contribution in [2.45, 2.75) is 106 Å². The van der Waals surface area contributed by atoms with Crippen molar-refractivity contribution < 1.29 is 48.1 Å². The van der Waals surface area contributed by atoms with Gasteiger partial charge in [-0.15, -0.1) is 34.4 Å². The van der Waals surface area contributed by atoms with Crippen LogP contribution in [0, 0.1) is 0 Å². The first kappa shape index (κ1) is 59.9. The lowest BCUT2D eigenvalue weighted by molar-refractivity contribution is -0.289. The number of benzene rings is 6. The molecular weight excluding hydrogens is 1130 g/mol. The van der Waals surface area contributed by atoms with Gasteiger partial charge in [0, 0.05) is 16.1 Å². The predicted molar refractivity (Wildman–Crippen MR) is 330 cm³/mol. The number of thioether (sulfide) groups is 1. The number of hydrogen-bond donors (Lipinski definition) is 3. The largest absolute Gasteiger partial charge is 0.383 e. The molecule has 6 heterocycles. The molecule has 4 N–H and O–H groups in total. The van der Waals surface area contributed by atoms with Gasteiger partial charge in [-0.2, -0.15) is 0 Å². The van der Waals surface area contributed by atoms with Crippen molar-refractivity contribution >= 4 is 62.1 Å². The highest BCUT2D eigenvalue weighted by Crippen LogP contribution is 2.55. The quantitative estimate of drug-likeness (QED) is 0.0404. The number of nitrogens with zero attached hydrogens (tertiary/aromatic N) is 4. The van der Waals surface area contributed by atoms with Gasteiger partial charge in [0.1, 0.15) is 47.9 Å². The average molecular weight is 1200 g/mol. The molecule has 0 bridgehead atoms. The van der Waals surface area contributed by atoms with E-state index in [-0.39, 0.29) is 26.4 Å². The normalized spacial score (nSPS) is 23.7. The van der Waals surface area contributed by atoms with Crippen molar-refractivity contribution in [3.63, 3.8) is 0 Å². The predicted octanol–water partition coefficient (Wildman–Crippen LogP) is 12.3. The van der Waals surface area contributed by atoms with Crippen LogP contribution in [0.4, 0.5) is 5.82 Å². The van der Waals surface area contributed by atoms with E-state index < -0.39 is 47.2 Å². The van der Waals surface area contributed by atoms with Crippen molar-refractivity contribution in [2.24, 2.45) is 0 Å². The van der Waals surface area contributed by atoms with Crippen LogP contribution in [0.5, 0.6) is 0 Å². The summed E-state index contributed by atoms with van der Waals surface area (Å²) < 4.78 is 52.2. The Morgan fingerprint density at radius 1 is 0.471 bits per heavy atom. The number of rotatable bonds is 23. The van der Waals surface area contributed by atoms with Crippen molar-refractivity contribution in [1.29, 1.82) is 0 Å². The SMILES string of the molecule is CSc1ncnc2c(C3(O)O[C@H](COCc4ccccc4)[C@@H](OCc4ccccc4)[C@@]3(C)OCc3ccccc3)scc12.C[C@@]1(OCc2ccccc2)[C@H](OCc2ccccc2)[C@@H](COCc2ccccc2)OC1(O)c1scc2c(N)ncnc12. The van der Waals surface area contributed by atoms with Gasteiger partial charge in [-0.3, -0.25) is 0 Å². The molecule has 15 nitrogen and oxygen atoms in total. The third kappa shape index (κ3) is 13.0. The minimum absolute atomic E-state index is 0.168. The second kappa shape index (κ2) is 27.2. The maximum Gasteiger partial charge on any atom is 0.237 e. The molecule has 85 heavy (non-hydrogen) atoms. The van der Waals surface area contributed by atoms with Gasteiger partial charge in [0.15, 0.2) is 11.2 Å². The molecule has 10 aromatic rings. The average Bonchev–Trinajstić information content (AvgIpc) is 1.71. The summed E-state index contributed by atoms with van der Waals surface area (Å²) in [4.78, 5) is 18.6. The first-order chi connectivity index (χ1) is 41.5. The molecule has 0 spiro atoms. The molecule has 6 aromatic carbocycles. The zero-order valence-electron chi connectivity index (χ0n) is 47.3. The van der Waals surface area contributed by atoms with Crippen molar-refractivity contribution in [1.82, 2.24) is 19.9 Å². The van der Waals surface area contributed by atoms with E-state index in [4.69, 9.17) is 43.6 Å². The summed E-state index contributed by atoms with van der Waals surface area (Å²) in [5, 5.41) is 31.5. The summed E-state index contributed by atoms with van der Waals surface area (Å²) in [5.74, 6) is -3.49. The lowest BCUT2D eigenvalue weighted by atomic mass is 9.87. The molecule has 2 fully saturated rings. The summed E-state index contributed by atoms with van der Waals surface area (Å²) in [6.07, 6.45) is 2.18. The first-order valence-corrected chi connectivity index (χ1v) is 30.9. The molecule has 0 saturated carbocycles. The Hall–Kier alpha value is -6.85. The van der Waals surface area contributed by atoms with Gasteiger partial charge in [-0.1, -0.05) is 182 Å². The third-order valence-electron chi connectivity index (χ3n) is 15.4. The molecule has 12 rings (SSSR count). The van der Waals surface area contributed by atoms with Crippen molar-refractivity contribution in [3.8, 4) is 0 Å². The second-order valence-electron chi connectivity index (χ2n) is 21.1. The van der Waals surface area contributed by atoms with E-state index in [2.05, 4.69) is 19.9 Å². The number of nitrogen functional groups attached to an aromatic ring is 1. The monoisotopic (exact) mass is 1200 g/mol. The zero-order chi connectivity index (χ0) is 58.7. The molecule has 2 aliphatic rings. The number of anilines is 1. The van der Waals surface area contributed by atoms with E-state index in [0.29, 0.717) is 58.4 Å². The highest BCUT2D eigenvalue weighted by atomic mass is 32.2. The van der Waals surface area contributed by atoms with E-state index >= 15 is 0 Å². The van der Waals surface area contributed by atoms with E-state index in [1.165, 1.54) is 47.1 Å². The molecule has 0 radical (unpaired) electrons. The van der Waals surface area contributed by atoms with Gasteiger partial charge in [0.25, 0.3) is 0 Å². The lowest BCUT2D eigenvalue weighted by Crippen LogP contribution is -2.55. The number of ether oxygens (including phenoxy) is 8. The van der Waals surface area contributed by atoms with E-state index in [9.17, 15) is 10.2 Å². The lowest BCUT2D eigenvalue weighted by Gasteiger charge is -2.39. The minimum Gasteiger partial charge on any atom is -0.383 e. The Kier molecular flexibility index (Phi) is 19.2. The van der Waals surface area contributed by atoms with Crippen LogP contribution in [-0.2, 0) is 89.1 Å². The summed E-state index contributed by atoms with van der Waals surface area (Å²) >= 11 is 4.22. The molecule has 0 aliphatic carbocycles. The van der Waals surface area contributed by atoms with Crippen LogP contribution >= 0.6 is 34.4 Å². The molecule has 4 aromatic heterocycles. The van der Waals surface area contributed by atoms with Crippen LogP contribution < -0.4 is 5.73 Å². The van der Waals surface area contributed by atoms with Gasteiger partial charge < -0.3 is 53.8 Å². The van der Waals surface area contributed by atoms with Crippen LogP contribution in [-0.4, -0.2) is 85.2 Å². The highest BCUT2D eigenvalue weighted by Gasteiger charge is 2.68. The van der Waals surface area contributed by atoms with Crippen LogP contribution in [0.25, 0.3) is 21.8 Å². The number of thiophene rings is 2. The Morgan fingerprint density at radius 3 is 1.20 bits per heavy atom. The Morgan fingerprint density at radius 2 is 0.812 bits per heavy atom. The van der Waals surface area contributed by atoms with Crippen molar-refractivity contribution in [3.05, 3.63) is 249 Å². The Labute approximate surface area is 506 Å². The van der Waals surface area contributed by atoms with Crippen LogP contribution in [0.2, 0.25) is 0 Å². The van der Waals surface area contributed by atoms with E-state index in [1.807, 2.05) is 213 Å². The van der Waals surface area contributed by atoms with Crippen LogP contribution in [0.3, 0.4) is 0 Å². The fraction of sp³-hybridized carbons (Fsp3) is 0.284. The fourth-order valence-corrected chi connectivity index (χ4v) is 13.7. The van der Waals surface area contributed by atoms with Gasteiger partial charge in [0.05, 0.1) is 79.0 Å². The van der Waals surface area contributed by atoms with E-state index in [1.54, 1.807) is 0 Å². The third-order valence-corrected chi connectivity index (χ3v) is 18.3. The highest BCUT2D eigenvalue weighted by molar-refractivity contribution is 7.98. The molecule has 8 atom stereocenters. The van der Waals surface area contributed by atoms with Gasteiger partial charge in [-0.25, -0.2) is 19.9 Å². The zero-order valence-corrected chi connectivity index (χ0v) is 49.8. The summed E-state index contributed by atoms with van der Waals surface area (Å²) in [7, 11) is 0. The molecule has 18 heteroatoms. The Balaban J connectivity index is 0.000000177. The van der Waals surface area contributed by atoms with Gasteiger partial charge in [-0.05, 0) is 53.5 Å². The summed E-state index contributed by atoms with van der Waals surface area (Å²) in [6, 6.07) is 59.4. The Bertz CT molecular complexity index is 3710. The fourth-order valence-electron chi connectivity index (χ4n) is 10.8. The molecule has 2 aliphatic heterocycles. The number of aromatic nitrogens is 4. The summed E-state index contributed by atoms with van der Waals surface area (Å²) in [6.45, 7) is 5.93.